The zero-order valence-electron chi connectivity index (χ0n) is 20.4. The van der Waals surface area contributed by atoms with Crippen molar-refractivity contribution in [2.75, 3.05) is 18.1 Å². The molecule has 0 unspecified atom stereocenters. The van der Waals surface area contributed by atoms with Gasteiger partial charge in [0.2, 0.25) is 0 Å². The molecule has 5 nitrogen and oxygen atoms in total. The minimum absolute atomic E-state index is 0.157. The Balaban J connectivity index is 1.59. The van der Waals surface area contributed by atoms with Gasteiger partial charge in [-0.15, -0.1) is 0 Å². The van der Waals surface area contributed by atoms with Crippen LogP contribution in [0.5, 0.6) is 0 Å². The van der Waals surface area contributed by atoms with Crippen LogP contribution in [-0.4, -0.2) is 31.1 Å². The Hall–Kier alpha value is -3.42. The van der Waals surface area contributed by atoms with Crippen LogP contribution in [0.3, 0.4) is 0 Å². The van der Waals surface area contributed by atoms with Gasteiger partial charge in [-0.1, -0.05) is 54.2 Å². The molecule has 0 fully saturated rings. The van der Waals surface area contributed by atoms with E-state index in [9.17, 15) is 14.0 Å². The molecule has 186 valence electrons. The quantitative estimate of drug-likeness (QED) is 0.285. The van der Waals surface area contributed by atoms with E-state index in [4.69, 9.17) is 4.74 Å². The van der Waals surface area contributed by atoms with Crippen LogP contribution >= 0.6 is 11.8 Å². The van der Waals surface area contributed by atoms with Crippen LogP contribution in [0, 0.1) is 5.82 Å². The smallest absolute Gasteiger partial charge is 0.265 e. The van der Waals surface area contributed by atoms with Gasteiger partial charge < -0.3 is 15.0 Å². The molecule has 0 saturated heterocycles. The summed E-state index contributed by atoms with van der Waals surface area (Å²) in [6.45, 7) is 5.29. The third kappa shape index (κ3) is 6.62. The first-order chi connectivity index (χ1) is 17.4. The fourth-order valence-corrected chi connectivity index (χ4v) is 4.82. The molecule has 0 atom stereocenters. The first-order valence-corrected chi connectivity index (χ1v) is 12.8. The molecular weight excluding hydrogens is 475 g/mol. The van der Waals surface area contributed by atoms with Gasteiger partial charge in [0, 0.05) is 23.6 Å². The van der Waals surface area contributed by atoms with Gasteiger partial charge in [-0.2, -0.15) is 0 Å². The van der Waals surface area contributed by atoms with Crippen LogP contribution in [0.1, 0.15) is 41.8 Å². The topological polar surface area (TPSA) is 58.6 Å². The molecule has 0 spiro atoms. The molecule has 0 aromatic heterocycles. The number of rotatable bonds is 9. The summed E-state index contributed by atoms with van der Waals surface area (Å²) in [7, 11) is 0. The van der Waals surface area contributed by atoms with Crippen molar-refractivity contribution in [1.82, 2.24) is 5.32 Å². The van der Waals surface area contributed by atoms with Crippen molar-refractivity contribution < 1.29 is 18.7 Å². The molecule has 0 radical (unpaired) electrons. The minimum atomic E-state index is -0.331. The normalized spacial score (nSPS) is 14.3. The van der Waals surface area contributed by atoms with Crippen molar-refractivity contribution in [3.8, 4) is 0 Å². The lowest BCUT2D eigenvalue weighted by atomic mass is 10.1. The fraction of sp³-hybridized carbons (Fsp3) is 0.241. The lowest BCUT2D eigenvalue weighted by molar-refractivity contribution is -0.114. The zero-order valence-corrected chi connectivity index (χ0v) is 21.2. The van der Waals surface area contributed by atoms with Crippen LogP contribution < -0.4 is 10.2 Å². The summed E-state index contributed by atoms with van der Waals surface area (Å²) in [5.41, 5.74) is 2.86. The molecule has 3 aromatic carbocycles. The van der Waals surface area contributed by atoms with Crippen molar-refractivity contribution in [3.63, 3.8) is 0 Å². The fourth-order valence-electron chi connectivity index (χ4n) is 3.78. The van der Waals surface area contributed by atoms with Gasteiger partial charge in [-0.3, -0.25) is 9.59 Å². The highest BCUT2D eigenvalue weighted by Crippen LogP contribution is 2.43. The average Bonchev–Trinajstić information content (AvgIpc) is 2.87. The monoisotopic (exact) mass is 504 g/mol. The summed E-state index contributed by atoms with van der Waals surface area (Å²) >= 11 is 1.39. The lowest BCUT2D eigenvalue weighted by Gasteiger charge is -2.31. The maximum atomic E-state index is 13.6. The predicted octanol–water partition coefficient (Wildman–Crippen LogP) is 6.05. The summed E-state index contributed by atoms with van der Waals surface area (Å²) in [6, 6.07) is 21.2. The first-order valence-electron chi connectivity index (χ1n) is 12.0. The van der Waals surface area contributed by atoms with Gasteiger partial charge >= 0.3 is 0 Å². The highest BCUT2D eigenvalue weighted by atomic mass is 32.2. The Morgan fingerprint density at radius 2 is 1.83 bits per heavy atom. The second-order valence-corrected chi connectivity index (χ2v) is 9.83. The highest BCUT2D eigenvalue weighted by molar-refractivity contribution is 8.04. The number of carbonyl (C=O) groups excluding carboxylic acids is 2. The summed E-state index contributed by atoms with van der Waals surface area (Å²) < 4.78 is 19.0. The molecule has 0 aliphatic carbocycles. The van der Waals surface area contributed by atoms with Crippen LogP contribution in [0.4, 0.5) is 10.1 Å². The van der Waals surface area contributed by atoms with Crippen molar-refractivity contribution in [2.24, 2.45) is 0 Å². The first kappa shape index (κ1) is 25.7. The third-order valence-corrected chi connectivity index (χ3v) is 6.67. The number of nitrogens with zero attached hydrogens (tertiary/aromatic N) is 1. The van der Waals surface area contributed by atoms with Gasteiger partial charge in [0.15, 0.2) is 0 Å². The molecule has 0 saturated carbocycles. The minimum Gasteiger partial charge on any atom is -0.379 e. The van der Waals surface area contributed by atoms with Gasteiger partial charge in [0.1, 0.15) is 5.82 Å². The van der Waals surface area contributed by atoms with Crippen molar-refractivity contribution in [1.29, 1.82) is 0 Å². The standard InChI is InChI=1S/C29H29FN2O3S/c1-20(2)35-16-6-15-31-28(33)23-11-14-26-25(18-23)32(19-22-9-12-24(30)13-10-22)29(34)27(36-26)17-21-7-4-3-5-8-21/h3-5,7-14,17-18,20H,6,15-16,19H2,1-2H3,(H,31,33). The summed E-state index contributed by atoms with van der Waals surface area (Å²) in [5, 5.41) is 2.92. The molecule has 2 amide bonds. The van der Waals surface area contributed by atoms with Crippen LogP contribution in [-0.2, 0) is 16.1 Å². The summed E-state index contributed by atoms with van der Waals surface area (Å²) in [5.74, 6) is -0.696. The number of halogens is 1. The maximum absolute atomic E-state index is 13.6. The molecule has 1 N–H and O–H groups in total. The number of fused-ring (bicyclic) bond motifs is 1. The Morgan fingerprint density at radius 3 is 2.56 bits per heavy atom. The Morgan fingerprint density at radius 1 is 1.08 bits per heavy atom. The SMILES string of the molecule is CC(C)OCCCNC(=O)c1ccc2c(c1)N(Cc1ccc(F)cc1)C(=O)C(=Cc1ccccc1)S2. The predicted molar refractivity (Wildman–Crippen MR) is 142 cm³/mol. The molecule has 4 rings (SSSR count). The molecule has 0 bridgehead atoms. The number of amides is 2. The largest absolute Gasteiger partial charge is 0.379 e. The van der Waals surface area contributed by atoms with Gasteiger partial charge in [-0.25, -0.2) is 4.39 Å². The lowest BCUT2D eigenvalue weighted by Crippen LogP contribution is -2.34. The van der Waals surface area contributed by atoms with Crippen LogP contribution in [0.2, 0.25) is 0 Å². The molecule has 1 aliphatic heterocycles. The number of hydrogen-bond acceptors (Lipinski definition) is 4. The van der Waals surface area contributed by atoms with Gasteiger partial charge in [-0.05, 0) is 67.8 Å². The number of thioether (sulfide) groups is 1. The van der Waals surface area contributed by atoms with Crippen molar-refractivity contribution in [2.45, 2.75) is 37.8 Å². The average molecular weight is 505 g/mol. The Labute approximate surface area is 215 Å². The molecule has 1 heterocycles. The summed E-state index contributed by atoms with van der Waals surface area (Å²) in [6.07, 6.45) is 2.74. The molecule has 3 aromatic rings. The van der Waals surface area contributed by atoms with Crippen molar-refractivity contribution >= 4 is 35.3 Å². The van der Waals surface area contributed by atoms with E-state index in [1.54, 1.807) is 29.2 Å². The number of nitrogens with one attached hydrogen (secondary N) is 1. The number of anilines is 1. The van der Waals surface area contributed by atoms with E-state index in [2.05, 4.69) is 5.32 Å². The zero-order chi connectivity index (χ0) is 25.5. The van der Waals surface area contributed by atoms with Crippen molar-refractivity contribution in [3.05, 3.63) is 100 Å². The molecule has 36 heavy (non-hydrogen) atoms. The van der Waals surface area contributed by atoms with Crippen LogP contribution in [0.15, 0.2) is 82.6 Å². The second-order valence-electron chi connectivity index (χ2n) is 8.75. The van der Waals surface area contributed by atoms with E-state index < -0.39 is 0 Å². The maximum Gasteiger partial charge on any atom is 0.265 e. The highest BCUT2D eigenvalue weighted by Gasteiger charge is 2.30. The Kier molecular flexibility index (Phi) is 8.57. The number of benzene rings is 3. The van der Waals surface area contributed by atoms with E-state index in [0.29, 0.717) is 35.7 Å². The number of ether oxygens (including phenoxy) is 1. The second kappa shape index (κ2) is 12.0. The summed E-state index contributed by atoms with van der Waals surface area (Å²) in [4.78, 5) is 29.5. The van der Waals surface area contributed by atoms with E-state index in [1.807, 2.05) is 56.3 Å². The Bertz CT molecular complexity index is 1240. The third-order valence-electron chi connectivity index (χ3n) is 5.60. The van der Waals surface area contributed by atoms with E-state index in [0.717, 1.165) is 16.0 Å². The number of hydrogen-bond donors (Lipinski definition) is 1. The van der Waals surface area contributed by atoms with Crippen LogP contribution in [0.25, 0.3) is 6.08 Å². The van der Waals surface area contributed by atoms with E-state index in [1.165, 1.54) is 23.9 Å². The van der Waals surface area contributed by atoms with E-state index in [-0.39, 0.29) is 30.3 Å². The molecule has 1 aliphatic rings. The molecular formula is C29H29FN2O3S. The molecule has 7 heteroatoms. The van der Waals surface area contributed by atoms with E-state index >= 15 is 0 Å². The number of carbonyl (C=O) groups is 2. The van der Waals surface area contributed by atoms with Gasteiger partial charge in [0.25, 0.3) is 11.8 Å². The van der Waals surface area contributed by atoms with Gasteiger partial charge in [0.05, 0.1) is 23.2 Å².